The Bertz CT molecular complexity index is 471. The number of thioether (sulfide) groups is 1. The first kappa shape index (κ1) is 10.1. The van der Waals surface area contributed by atoms with E-state index in [0.29, 0.717) is 5.16 Å². The van der Waals surface area contributed by atoms with E-state index in [1.807, 2.05) is 30.3 Å². The number of hydrogen-bond acceptors (Lipinski definition) is 5. The molecule has 0 amide bonds. The van der Waals surface area contributed by atoms with Gasteiger partial charge < -0.3 is 5.11 Å². The van der Waals surface area contributed by atoms with E-state index in [2.05, 4.69) is 27.7 Å². The molecule has 1 N–H and O–H groups in total. The topological polar surface area (TPSA) is 63.8 Å². The van der Waals surface area contributed by atoms with Gasteiger partial charge in [-0.2, -0.15) is 4.68 Å². The number of hydrogen-bond donors (Lipinski definition) is 1. The standard InChI is InChI=1S/C8H6N4OS2/c13-8(14)15-7-9-10-11-12(7)6-4-2-1-3-5-6/h1-5H,(H,13,14). The molecular formula is C8H6N4OS2. The summed E-state index contributed by atoms with van der Waals surface area (Å²) in [6, 6.07) is 9.38. The molecule has 15 heavy (non-hydrogen) atoms. The summed E-state index contributed by atoms with van der Waals surface area (Å²) < 4.78 is 1.30. The zero-order valence-corrected chi connectivity index (χ0v) is 9.07. The third kappa shape index (κ3) is 2.31. The van der Waals surface area contributed by atoms with Crippen molar-refractivity contribution in [3.8, 4) is 5.69 Å². The molecule has 76 valence electrons. The molecule has 0 spiro atoms. The van der Waals surface area contributed by atoms with E-state index >= 15 is 0 Å². The molecule has 0 aliphatic rings. The summed E-state index contributed by atoms with van der Waals surface area (Å²) in [5, 5.41) is 20.5. The number of benzene rings is 1. The van der Waals surface area contributed by atoms with Crippen molar-refractivity contribution in [1.29, 1.82) is 0 Å². The van der Waals surface area contributed by atoms with Crippen LogP contribution in [-0.2, 0) is 0 Å². The summed E-state index contributed by atoms with van der Waals surface area (Å²) in [5.74, 6) is 0. The molecule has 0 bridgehead atoms. The van der Waals surface area contributed by atoms with E-state index in [1.165, 1.54) is 4.68 Å². The molecule has 0 saturated heterocycles. The second-order valence-electron chi connectivity index (χ2n) is 2.58. The maximum absolute atomic E-state index is 8.98. The molecule has 0 fully saturated rings. The molecule has 7 heteroatoms. The summed E-state index contributed by atoms with van der Waals surface area (Å²) in [7, 11) is 0. The highest BCUT2D eigenvalue weighted by atomic mass is 32.2. The lowest BCUT2D eigenvalue weighted by Gasteiger charge is -2.01. The van der Waals surface area contributed by atoms with Gasteiger partial charge in [0.05, 0.1) is 5.69 Å². The number of rotatable bonds is 2. The first-order chi connectivity index (χ1) is 7.27. The minimum atomic E-state index is -0.206. The molecule has 5 nitrogen and oxygen atoms in total. The van der Waals surface area contributed by atoms with Gasteiger partial charge >= 0.3 is 0 Å². The Kier molecular flexibility index (Phi) is 2.93. The van der Waals surface area contributed by atoms with Crippen LogP contribution in [0.2, 0.25) is 0 Å². The van der Waals surface area contributed by atoms with Crippen LogP contribution in [0.3, 0.4) is 0 Å². The molecule has 0 saturated carbocycles. The summed E-state index contributed by atoms with van der Waals surface area (Å²) in [4.78, 5) is 0. The fraction of sp³-hybridized carbons (Fsp3) is 0. The Labute approximate surface area is 95.1 Å². The molecule has 0 aliphatic heterocycles. The van der Waals surface area contributed by atoms with E-state index in [0.717, 1.165) is 17.4 Å². The van der Waals surface area contributed by atoms with Crippen molar-refractivity contribution < 1.29 is 5.11 Å². The number of para-hydroxylation sites is 1. The van der Waals surface area contributed by atoms with Gasteiger partial charge in [0.1, 0.15) is 0 Å². The molecule has 0 unspecified atom stereocenters. The Hall–Kier alpha value is -1.47. The quantitative estimate of drug-likeness (QED) is 0.633. The zero-order valence-electron chi connectivity index (χ0n) is 7.44. The Morgan fingerprint density at radius 2 is 2.07 bits per heavy atom. The molecule has 2 aromatic rings. The highest BCUT2D eigenvalue weighted by molar-refractivity contribution is 8.22. The minimum absolute atomic E-state index is 0.206. The third-order valence-corrected chi connectivity index (χ3v) is 2.48. The van der Waals surface area contributed by atoms with Gasteiger partial charge in [-0.15, -0.1) is 5.10 Å². The molecule has 0 radical (unpaired) electrons. The Balaban J connectivity index is 2.37. The second kappa shape index (κ2) is 4.37. The van der Waals surface area contributed by atoms with Gasteiger partial charge in [0.2, 0.25) is 9.54 Å². The van der Waals surface area contributed by atoms with E-state index in [-0.39, 0.29) is 4.38 Å². The van der Waals surface area contributed by atoms with E-state index in [4.69, 9.17) is 5.11 Å². The lowest BCUT2D eigenvalue weighted by molar-refractivity contribution is 0.585. The molecule has 0 atom stereocenters. The van der Waals surface area contributed by atoms with Crippen molar-refractivity contribution >= 4 is 28.4 Å². The lowest BCUT2D eigenvalue weighted by Crippen LogP contribution is -1.99. The Morgan fingerprint density at radius 1 is 1.33 bits per heavy atom. The fourth-order valence-electron chi connectivity index (χ4n) is 1.05. The summed E-state index contributed by atoms with van der Waals surface area (Å²) >= 11 is 5.50. The molecular weight excluding hydrogens is 232 g/mol. The van der Waals surface area contributed by atoms with Crippen molar-refractivity contribution in [2.75, 3.05) is 0 Å². The van der Waals surface area contributed by atoms with Gasteiger partial charge in [0.25, 0.3) is 0 Å². The summed E-state index contributed by atoms with van der Waals surface area (Å²) in [6.45, 7) is 0. The maximum atomic E-state index is 8.98. The molecule has 2 rings (SSSR count). The number of nitrogens with zero attached hydrogens (tertiary/aromatic N) is 4. The average Bonchev–Trinajstić information content (AvgIpc) is 2.66. The highest BCUT2D eigenvalue weighted by Crippen LogP contribution is 2.18. The van der Waals surface area contributed by atoms with Crippen molar-refractivity contribution in [3.05, 3.63) is 30.3 Å². The predicted molar refractivity (Wildman–Crippen MR) is 60.2 cm³/mol. The zero-order chi connectivity index (χ0) is 10.7. The first-order valence-electron chi connectivity index (χ1n) is 4.02. The molecule has 1 aromatic heterocycles. The number of tetrazole rings is 1. The largest absolute Gasteiger partial charge is 0.494 e. The van der Waals surface area contributed by atoms with Gasteiger partial charge in [0.15, 0.2) is 0 Å². The number of aliphatic hydroxyl groups is 1. The van der Waals surface area contributed by atoms with Crippen LogP contribution in [0, 0.1) is 0 Å². The monoisotopic (exact) mass is 238 g/mol. The van der Waals surface area contributed by atoms with Gasteiger partial charge in [0, 0.05) is 11.8 Å². The van der Waals surface area contributed by atoms with Crippen LogP contribution in [0.25, 0.3) is 5.69 Å². The third-order valence-electron chi connectivity index (χ3n) is 1.62. The molecule has 1 heterocycles. The van der Waals surface area contributed by atoms with Gasteiger partial charge in [-0.1, -0.05) is 18.2 Å². The number of thiocarbonyl (C=S) groups is 1. The second-order valence-corrected chi connectivity index (χ2v) is 4.18. The normalized spacial score (nSPS) is 10.1. The number of aliphatic hydroxyl groups excluding tert-OH is 1. The van der Waals surface area contributed by atoms with E-state index < -0.39 is 0 Å². The smallest absolute Gasteiger partial charge is 0.225 e. The van der Waals surface area contributed by atoms with E-state index in [9.17, 15) is 0 Å². The van der Waals surface area contributed by atoms with Crippen molar-refractivity contribution in [2.45, 2.75) is 5.16 Å². The highest BCUT2D eigenvalue weighted by Gasteiger charge is 2.10. The van der Waals surface area contributed by atoms with Gasteiger partial charge in [-0.05, 0) is 34.8 Å². The van der Waals surface area contributed by atoms with Gasteiger partial charge in [-0.3, -0.25) is 0 Å². The number of aromatic nitrogens is 4. The minimum Gasteiger partial charge on any atom is -0.494 e. The van der Waals surface area contributed by atoms with Crippen molar-refractivity contribution in [1.82, 2.24) is 20.2 Å². The fourth-order valence-corrected chi connectivity index (χ4v) is 1.74. The first-order valence-corrected chi connectivity index (χ1v) is 5.24. The van der Waals surface area contributed by atoms with Crippen LogP contribution in [0.1, 0.15) is 0 Å². The van der Waals surface area contributed by atoms with Crippen LogP contribution < -0.4 is 0 Å². The lowest BCUT2D eigenvalue weighted by atomic mass is 10.3. The van der Waals surface area contributed by atoms with Crippen LogP contribution >= 0.6 is 24.0 Å². The molecule has 1 aromatic carbocycles. The predicted octanol–water partition coefficient (Wildman–Crippen LogP) is 1.60. The van der Waals surface area contributed by atoms with Gasteiger partial charge in [-0.25, -0.2) is 0 Å². The van der Waals surface area contributed by atoms with Crippen molar-refractivity contribution in [2.24, 2.45) is 0 Å². The SMILES string of the molecule is OC(=S)Sc1nnnn1-c1ccccc1. The van der Waals surface area contributed by atoms with Crippen molar-refractivity contribution in [3.63, 3.8) is 0 Å². The van der Waals surface area contributed by atoms with Crippen LogP contribution in [0.15, 0.2) is 35.5 Å². The summed E-state index contributed by atoms with van der Waals surface area (Å²) in [5.41, 5.74) is 0.821. The van der Waals surface area contributed by atoms with Crippen LogP contribution in [0.4, 0.5) is 0 Å². The van der Waals surface area contributed by atoms with Crippen LogP contribution in [-0.4, -0.2) is 29.7 Å². The summed E-state index contributed by atoms with van der Waals surface area (Å²) in [6.07, 6.45) is 0. The average molecular weight is 238 g/mol. The Morgan fingerprint density at radius 3 is 2.73 bits per heavy atom. The molecule has 0 aliphatic carbocycles. The van der Waals surface area contributed by atoms with Crippen LogP contribution in [0.5, 0.6) is 0 Å². The van der Waals surface area contributed by atoms with E-state index in [1.54, 1.807) is 0 Å². The maximum Gasteiger partial charge on any atom is 0.225 e.